The first-order valence-corrected chi connectivity index (χ1v) is 10.1. The van der Waals surface area contributed by atoms with Gasteiger partial charge in [0.25, 0.3) is 5.91 Å². The second-order valence-electron chi connectivity index (χ2n) is 7.14. The molecule has 0 fully saturated rings. The lowest BCUT2D eigenvalue weighted by Gasteiger charge is -2.13. The second-order valence-corrected chi connectivity index (χ2v) is 7.14. The lowest BCUT2D eigenvalue weighted by molar-refractivity contribution is 0.0696. The van der Waals surface area contributed by atoms with E-state index in [1.807, 2.05) is 0 Å². The molecule has 0 aromatic heterocycles. The van der Waals surface area contributed by atoms with Crippen molar-refractivity contribution >= 4 is 11.9 Å². The van der Waals surface area contributed by atoms with Crippen LogP contribution in [0.1, 0.15) is 51.6 Å². The summed E-state index contributed by atoms with van der Waals surface area (Å²) < 4.78 is 19.6. The van der Waals surface area contributed by atoms with E-state index in [2.05, 4.69) is 12.2 Å². The lowest BCUT2D eigenvalue weighted by Crippen LogP contribution is -2.24. The summed E-state index contributed by atoms with van der Waals surface area (Å²) >= 11 is 0. The number of nitrogens with one attached hydrogen (secondary N) is 1. The number of halogens is 1. The van der Waals surface area contributed by atoms with Crippen molar-refractivity contribution in [3.8, 4) is 11.5 Å². The van der Waals surface area contributed by atoms with Gasteiger partial charge in [-0.2, -0.15) is 0 Å². The molecule has 3 aromatic rings. The highest BCUT2D eigenvalue weighted by Crippen LogP contribution is 2.27. The van der Waals surface area contributed by atoms with E-state index in [0.29, 0.717) is 17.7 Å². The summed E-state index contributed by atoms with van der Waals surface area (Å²) in [6.45, 7) is 2.35. The van der Waals surface area contributed by atoms with Crippen molar-refractivity contribution < 1.29 is 23.8 Å². The van der Waals surface area contributed by atoms with Gasteiger partial charge < -0.3 is 15.2 Å². The van der Waals surface area contributed by atoms with Gasteiger partial charge in [-0.25, -0.2) is 9.18 Å². The van der Waals surface area contributed by atoms with E-state index in [-0.39, 0.29) is 23.8 Å². The number of hydrogen-bond donors (Lipinski definition) is 2. The van der Waals surface area contributed by atoms with Crippen LogP contribution in [0, 0.1) is 5.82 Å². The highest BCUT2D eigenvalue weighted by molar-refractivity contribution is 5.96. The molecule has 0 saturated heterocycles. The maximum Gasteiger partial charge on any atom is 0.335 e. The molecule has 0 atom stereocenters. The molecule has 0 saturated carbocycles. The van der Waals surface area contributed by atoms with Crippen LogP contribution in [-0.2, 0) is 13.0 Å². The number of hydrogen-bond acceptors (Lipinski definition) is 3. The van der Waals surface area contributed by atoms with E-state index in [9.17, 15) is 14.0 Å². The normalized spacial score (nSPS) is 10.5. The van der Waals surface area contributed by atoms with Crippen LogP contribution in [0.4, 0.5) is 4.39 Å². The largest absolute Gasteiger partial charge is 0.478 e. The number of aryl methyl sites for hydroxylation is 1. The van der Waals surface area contributed by atoms with Crippen LogP contribution in [-0.4, -0.2) is 17.0 Å². The molecule has 0 heterocycles. The predicted octanol–water partition coefficient (Wildman–Crippen LogP) is 5.59. The van der Waals surface area contributed by atoms with Crippen LogP contribution in [0.3, 0.4) is 0 Å². The maximum absolute atomic E-state index is 13.9. The first-order chi connectivity index (χ1) is 15.0. The van der Waals surface area contributed by atoms with Crippen molar-refractivity contribution in [3.63, 3.8) is 0 Å². The van der Waals surface area contributed by atoms with E-state index in [1.54, 1.807) is 48.5 Å². The smallest absolute Gasteiger partial charge is 0.335 e. The van der Waals surface area contributed by atoms with Gasteiger partial charge in [0.05, 0.1) is 5.56 Å². The Morgan fingerprint density at radius 3 is 2.45 bits per heavy atom. The first-order valence-electron chi connectivity index (χ1n) is 10.1. The number of benzene rings is 3. The van der Waals surface area contributed by atoms with Gasteiger partial charge in [0, 0.05) is 12.1 Å². The zero-order chi connectivity index (χ0) is 22.2. The number of amides is 1. The molecule has 6 heteroatoms. The zero-order valence-corrected chi connectivity index (χ0v) is 17.2. The Hall–Kier alpha value is -3.67. The van der Waals surface area contributed by atoms with E-state index >= 15 is 0 Å². The van der Waals surface area contributed by atoms with Gasteiger partial charge in [-0.3, -0.25) is 4.79 Å². The molecular formula is C25H24FNO4. The fourth-order valence-electron chi connectivity index (χ4n) is 3.13. The highest BCUT2D eigenvalue weighted by Gasteiger charge is 2.14. The Labute approximate surface area is 180 Å². The van der Waals surface area contributed by atoms with Gasteiger partial charge in [0.1, 0.15) is 5.75 Å². The lowest BCUT2D eigenvalue weighted by atomic mass is 10.0. The van der Waals surface area contributed by atoms with Crippen molar-refractivity contribution in [2.75, 3.05) is 0 Å². The van der Waals surface area contributed by atoms with Crippen molar-refractivity contribution in [1.29, 1.82) is 0 Å². The molecule has 0 aliphatic heterocycles. The molecule has 0 radical (unpaired) electrons. The molecule has 3 rings (SSSR count). The van der Waals surface area contributed by atoms with Crippen LogP contribution < -0.4 is 10.1 Å². The summed E-state index contributed by atoms with van der Waals surface area (Å²) in [5.41, 5.74) is 2.36. The van der Waals surface area contributed by atoms with Gasteiger partial charge >= 0.3 is 5.97 Å². The highest BCUT2D eigenvalue weighted by atomic mass is 19.1. The number of unbranched alkanes of at least 4 members (excludes halogenated alkanes) is 1. The van der Waals surface area contributed by atoms with Crippen LogP contribution in [0.2, 0.25) is 0 Å². The number of carbonyl (C=O) groups is 2. The Morgan fingerprint density at radius 1 is 1.03 bits per heavy atom. The number of ether oxygens (including phenoxy) is 1. The minimum absolute atomic E-state index is 0.131. The maximum atomic E-state index is 13.9. The summed E-state index contributed by atoms with van der Waals surface area (Å²) in [5, 5.41) is 11.8. The van der Waals surface area contributed by atoms with E-state index in [0.717, 1.165) is 24.0 Å². The van der Waals surface area contributed by atoms with Crippen LogP contribution >= 0.6 is 0 Å². The SMILES string of the molecule is CCCCc1cc(Oc2ccccc2F)ccc1C(=O)NCc1ccc(C(=O)O)cc1. The molecule has 3 aromatic carbocycles. The minimum Gasteiger partial charge on any atom is -0.478 e. The Kier molecular flexibility index (Phi) is 7.38. The number of para-hydroxylation sites is 1. The van der Waals surface area contributed by atoms with Gasteiger partial charge in [-0.05, 0) is 66.4 Å². The standard InChI is InChI=1S/C25H24FNO4/c1-2-3-6-19-15-20(31-23-8-5-4-7-22(23)26)13-14-21(19)24(28)27-16-17-9-11-18(12-10-17)25(29)30/h4-5,7-15H,2-3,6,16H2,1H3,(H,27,28)(H,29,30). The Bertz CT molecular complexity index is 1060. The number of carbonyl (C=O) groups excluding carboxylic acids is 1. The van der Waals surface area contributed by atoms with Crippen molar-refractivity contribution in [2.45, 2.75) is 32.7 Å². The predicted molar refractivity (Wildman–Crippen MR) is 116 cm³/mol. The third-order valence-corrected chi connectivity index (χ3v) is 4.84. The number of carboxylic acids is 1. The Morgan fingerprint density at radius 2 is 1.77 bits per heavy atom. The van der Waals surface area contributed by atoms with Gasteiger partial charge in [-0.15, -0.1) is 0 Å². The summed E-state index contributed by atoms with van der Waals surface area (Å²) in [6.07, 6.45) is 2.57. The molecule has 160 valence electrons. The van der Waals surface area contributed by atoms with E-state index < -0.39 is 11.8 Å². The molecule has 0 bridgehead atoms. The van der Waals surface area contributed by atoms with Crippen molar-refractivity contribution in [1.82, 2.24) is 5.32 Å². The van der Waals surface area contributed by atoms with E-state index in [4.69, 9.17) is 9.84 Å². The zero-order valence-electron chi connectivity index (χ0n) is 17.2. The molecular weight excluding hydrogens is 397 g/mol. The summed E-state index contributed by atoms with van der Waals surface area (Å²) in [6, 6.07) is 17.6. The number of aromatic carboxylic acids is 1. The fourth-order valence-corrected chi connectivity index (χ4v) is 3.13. The van der Waals surface area contributed by atoms with Gasteiger partial charge in [-0.1, -0.05) is 37.6 Å². The fraction of sp³-hybridized carbons (Fsp3) is 0.200. The minimum atomic E-state index is -0.992. The number of carboxylic acid groups (broad SMARTS) is 1. The van der Waals surface area contributed by atoms with Crippen LogP contribution in [0.15, 0.2) is 66.7 Å². The number of rotatable bonds is 9. The van der Waals surface area contributed by atoms with Crippen LogP contribution in [0.25, 0.3) is 0 Å². The topological polar surface area (TPSA) is 75.6 Å². The molecule has 2 N–H and O–H groups in total. The van der Waals surface area contributed by atoms with Gasteiger partial charge in [0.15, 0.2) is 11.6 Å². The average Bonchev–Trinajstić information content (AvgIpc) is 2.78. The monoisotopic (exact) mass is 421 g/mol. The molecule has 0 aliphatic rings. The van der Waals surface area contributed by atoms with Gasteiger partial charge in [0.2, 0.25) is 0 Å². The quantitative estimate of drug-likeness (QED) is 0.472. The molecule has 1 amide bonds. The molecule has 0 aliphatic carbocycles. The summed E-state index contributed by atoms with van der Waals surface area (Å²) in [7, 11) is 0. The van der Waals surface area contributed by atoms with E-state index in [1.165, 1.54) is 18.2 Å². The molecule has 31 heavy (non-hydrogen) atoms. The molecule has 0 unspecified atom stereocenters. The molecule has 0 spiro atoms. The first kappa shape index (κ1) is 22.0. The van der Waals surface area contributed by atoms with Crippen LogP contribution in [0.5, 0.6) is 11.5 Å². The second kappa shape index (κ2) is 10.4. The van der Waals surface area contributed by atoms with Crippen molar-refractivity contribution in [2.24, 2.45) is 0 Å². The molecule has 5 nitrogen and oxygen atoms in total. The third-order valence-electron chi connectivity index (χ3n) is 4.84. The Balaban J connectivity index is 1.74. The third kappa shape index (κ3) is 5.92. The summed E-state index contributed by atoms with van der Waals surface area (Å²) in [5.74, 6) is -1.07. The van der Waals surface area contributed by atoms with Crippen molar-refractivity contribution in [3.05, 3.63) is 94.8 Å². The average molecular weight is 421 g/mol. The summed E-state index contributed by atoms with van der Waals surface area (Å²) in [4.78, 5) is 23.7.